The molecule has 0 aliphatic carbocycles. The van der Waals surface area contributed by atoms with Gasteiger partial charge in [0.1, 0.15) is 42.7 Å². The summed E-state index contributed by atoms with van der Waals surface area (Å²) in [6.45, 7) is 0.846. The minimum Gasteiger partial charge on any atom is -0.394 e. The van der Waals surface area contributed by atoms with Crippen molar-refractivity contribution in [3.8, 4) is 0 Å². The molecular weight excluding hydrogens is 304 g/mol. The summed E-state index contributed by atoms with van der Waals surface area (Å²) < 4.78 is 15.5. The van der Waals surface area contributed by atoms with Crippen LogP contribution in [0.3, 0.4) is 0 Å². The van der Waals surface area contributed by atoms with Gasteiger partial charge in [-0.1, -0.05) is 0 Å². The summed E-state index contributed by atoms with van der Waals surface area (Å²) in [5.74, 6) is 0. The van der Waals surface area contributed by atoms with Crippen LogP contribution >= 0.6 is 0 Å². The lowest BCUT2D eigenvalue weighted by molar-refractivity contribution is -0.351. The Labute approximate surface area is 126 Å². The molecule has 2 heterocycles. The highest BCUT2D eigenvalue weighted by atomic mass is 16.7. The van der Waals surface area contributed by atoms with Crippen LogP contribution in [-0.4, -0.2) is 104 Å². The Kier molecular flexibility index (Phi) is 5.72. The molecule has 7 N–H and O–H groups in total. The third-order valence-electron chi connectivity index (χ3n) is 3.94. The van der Waals surface area contributed by atoms with E-state index in [-0.39, 0.29) is 0 Å². The highest BCUT2D eigenvalue weighted by molar-refractivity contribution is 4.92. The number of aliphatic hydroxyl groups excluding tert-OH is 7. The number of ether oxygens (including phenoxy) is 3. The molecule has 130 valence electrons. The van der Waals surface area contributed by atoms with Crippen LogP contribution in [0.15, 0.2) is 0 Å². The van der Waals surface area contributed by atoms with E-state index in [1.54, 1.807) is 0 Å². The largest absolute Gasteiger partial charge is 0.394 e. The first kappa shape index (κ1) is 17.9. The second kappa shape index (κ2) is 7.01. The maximum Gasteiger partial charge on any atom is 0.187 e. The SMILES string of the molecule is C[C@H]1OC(O)[C@H](O)[C@@H](O)[C@@H]1O[C@@H]1O[C@H](CO)[C@H](O)[C@H](O)[C@H]1O. The van der Waals surface area contributed by atoms with E-state index in [1.165, 1.54) is 6.92 Å². The van der Waals surface area contributed by atoms with Gasteiger partial charge in [-0.3, -0.25) is 0 Å². The van der Waals surface area contributed by atoms with E-state index in [1.807, 2.05) is 0 Å². The van der Waals surface area contributed by atoms with Crippen molar-refractivity contribution >= 4 is 0 Å². The molecule has 0 radical (unpaired) electrons. The molecule has 0 spiro atoms. The molecule has 0 amide bonds. The second-order valence-corrected chi connectivity index (χ2v) is 5.51. The fraction of sp³-hybridized carbons (Fsp3) is 1.00. The molecular formula is C12H22O10. The van der Waals surface area contributed by atoms with E-state index < -0.39 is 68.0 Å². The van der Waals surface area contributed by atoms with Crippen LogP contribution in [0.2, 0.25) is 0 Å². The molecule has 2 aliphatic heterocycles. The minimum absolute atomic E-state index is 0.620. The Morgan fingerprint density at radius 1 is 0.818 bits per heavy atom. The third kappa shape index (κ3) is 3.26. The number of hydrogen-bond donors (Lipinski definition) is 7. The Morgan fingerprint density at radius 2 is 1.45 bits per heavy atom. The molecule has 1 unspecified atom stereocenters. The summed E-state index contributed by atoms with van der Waals surface area (Å²) in [5, 5.41) is 67.2. The van der Waals surface area contributed by atoms with E-state index in [0.29, 0.717) is 0 Å². The highest BCUT2D eigenvalue weighted by Gasteiger charge is 2.49. The van der Waals surface area contributed by atoms with Crippen molar-refractivity contribution < 1.29 is 50.0 Å². The zero-order chi connectivity index (χ0) is 16.6. The maximum absolute atomic E-state index is 9.92. The Balaban J connectivity index is 2.08. The molecule has 0 aromatic carbocycles. The van der Waals surface area contributed by atoms with E-state index in [0.717, 1.165) is 0 Å². The van der Waals surface area contributed by atoms with Crippen LogP contribution in [0.1, 0.15) is 6.92 Å². The first-order chi connectivity index (χ1) is 10.3. The average molecular weight is 326 g/mol. The van der Waals surface area contributed by atoms with Gasteiger partial charge in [-0.15, -0.1) is 0 Å². The standard InChI is InChI=1S/C12H22O10/c1-3-10(7(16)8(17)11(19)20-3)22-12-9(18)6(15)5(14)4(2-13)21-12/h3-19H,2H2,1H3/t3-,4-,5+,6+,7-,8-,9-,10-,11?,12+/m1/s1. The fourth-order valence-electron chi connectivity index (χ4n) is 2.54. The lowest BCUT2D eigenvalue weighted by Crippen LogP contribution is -2.63. The lowest BCUT2D eigenvalue weighted by Gasteiger charge is -2.44. The Morgan fingerprint density at radius 3 is 2.05 bits per heavy atom. The molecule has 2 rings (SSSR count). The summed E-state index contributed by atoms with van der Waals surface area (Å²) in [6.07, 6.45) is -14.2. The molecule has 0 aromatic heterocycles. The zero-order valence-electron chi connectivity index (χ0n) is 11.8. The number of rotatable bonds is 3. The third-order valence-corrected chi connectivity index (χ3v) is 3.94. The Bertz CT molecular complexity index is 366. The summed E-state index contributed by atoms with van der Waals surface area (Å²) in [5.41, 5.74) is 0. The predicted molar refractivity (Wildman–Crippen MR) is 67.2 cm³/mol. The summed E-state index contributed by atoms with van der Waals surface area (Å²) in [7, 11) is 0. The van der Waals surface area contributed by atoms with E-state index in [9.17, 15) is 30.6 Å². The van der Waals surface area contributed by atoms with E-state index in [2.05, 4.69) is 0 Å². The van der Waals surface area contributed by atoms with Crippen molar-refractivity contribution in [3.05, 3.63) is 0 Å². The monoisotopic (exact) mass is 326 g/mol. The fourth-order valence-corrected chi connectivity index (χ4v) is 2.54. The van der Waals surface area contributed by atoms with Gasteiger partial charge in [0.25, 0.3) is 0 Å². The van der Waals surface area contributed by atoms with Crippen LogP contribution in [0, 0.1) is 0 Å². The lowest BCUT2D eigenvalue weighted by atomic mass is 9.97. The molecule has 10 nitrogen and oxygen atoms in total. The molecule has 0 saturated carbocycles. The molecule has 0 bridgehead atoms. The topological polar surface area (TPSA) is 169 Å². The van der Waals surface area contributed by atoms with Crippen LogP contribution in [0.5, 0.6) is 0 Å². The van der Waals surface area contributed by atoms with Crippen LogP contribution in [-0.2, 0) is 14.2 Å². The van der Waals surface area contributed by atoms with Crippen molar-refractivity contribution in [1.82, 2.24) is 0 Å². The maximum atomic E-state index is 9.92. The second-order valence-electron chi connectivity index (χ2n) is 5.51. The zero-order valence-corrected chi connectivity index (χ0v) is 11.8. The molecule has 0 aromatic rings. The van der Waals surface area contributed by atoms with Crippen LogP contribution in [0.4, 0.5) is 0 Å². The number of hydrogen-bond acceptors (Lipinski definition) is 10. The quantitative estimate of drug-likeness (QED) is 0.269. The normalized spacial score (nSPS) is 53.5. The van der Waals surface area contributed by atoms with E-state index in [4.69, 9.17) is 19.3 Å². The smallest absolute Gasteiger partial charge is 0.187 e. The van der Waals surface area contributed by atoms with Gasteiger partial charge in [-0.05, 0) is 6.92 Å². The van der Waals surface area contributed by atoms with Gasteiger partial charge >= 0.3 is 0 Å². The van der Waals surface area contributed by atoms with Gasteiger partial charge in [0.2, 0.25) is 0 Å². The van der Waals surface area contributed by atoms with Crippen molar-refractivity contribution in [3.63, 3.8) is 0 Å². The van der Waals surface area contributed by atoms with Gasteiger partial charge in [-0.2, -0.15) is 0 Å². The molecule has 22 heavy (non-hydrogen) atoms. The summed E-state index contributed by atoms with van der Waals surface area (Å²) in [4.78, 5) is 0. The minimum atomic E-state index is -1.64. The van der Waals surface area contributed by atoms with Gasteiger partial charge in [0.05, 0.1) is 12.7 Å². The van der Waals surface area contributed by atoms with Crippen LogP contribution in [0.25, 0.3) is 0 Å². The first-order valence-electron chi connectivity index (χ1n) is 6.93. The van der Waals surface area contributed by atoms with Crippen molar-refractivity contribution in [2.45, 2.75) is 68.3 Å². The van der Waals surface area contributed by atoms with Gasteiger partial charge in [-0.25, -0.2) is 0 Å². The van der Waals surface area contributed by atoms with E-state index >= 15 is 0 Å². The Hall–Kier alpha value is -0.400. The van der Waals surface area contributed by atoms with Crippen molar-refractivity contribution in [2.75, 3.05) is 6.61 Å². The molecule has 10 heteroatoms. The summed E-state index contributed by atoms with van der Waals surface area (Å²) in [6, 6.07) is 0. The van der Waals surface area contributed by atoms with Gasteiger partial charge in [0.15, 0.2) is 12.6 Å². The summed E-state index contributed by atoms with van der Waals surface area (Å²) >= 11 is 0. The van der Waals surface area contributed by atoms with Gasteiger partial charge in [0, 0.05) is 0 Å². The first-order valence-corrected chi connectivity index (χ1v) is 6.93. The van der Waals surface area contributed by atoms with Crippen molar-refractivity contribution in [2.24, 2.45) is 0 Å². The molecule has 10 atom stereocenters. The predicted octanol–water partition coefficient (Wildman–Crippen LogP) is -4.37. The van der Waals surface area contributed by atoms with Crippen molar-refractivity contribution in [1.29, 1.82) is 0 Å². The molecule has 2 fully saturated rings. The molecule has 2 aliphatic rings. The molecule has 2 saturated heterocycles. The van der Waals surface area contributed by atoms with Crippen LogP contribution < -0.4 is 0 Å². The average Bonchev–Trinajstić information content (AvgIpc) is 2.49. The van der Waals surface area contributed by atoms with Gasteiger partial charge < -0.3 is 50.0 Å². The number of aliphatic hydroxyl groups is 7. The highest BCUT2D eigenvalue weighted by Crippen LogP contribution is 2.28.